The average molecular weight is 408 g/mol. The van der Waals surface area contributed by atoms with E-state index in [-0.39, 0.29) is 11.2 Å². The number of halogens is 7. The molecule has 0 bridgehead atoms. The van der Waals surface area contributed by atoms with Gasteiger partial charge in [-0.05, 0) is 6.92 Å². The van der Waals surface area contributed by atoms with Crippen LogP contribution in [0.25, 0.3) is 22.3 Å². The minimum Gasteiger partial charge on any atom is -0.372 e. The van der Waals surface area contributed by atoms with Crippen molar-refractivity contribution >= 4 is 28.5 Å². The maximum absolute atomic E-state index is 14.3. The third-order valence-corrected chi connectivity index (χ3v) is 3.88. The highest BCUT2D eigenvalue weighted by molar-refractivity contribution is 6.33. The van der Waals surface area contributed by atoms with E-state index in [9.17, 15) is 26.3 Å². The van der Waals surface area contributed by atoms with Gasteiger partial charge >= 0.3 is 6.18 Å². The molecular formula is C15H8ClF6N5. The van der Waals surface area contributed by atoms with Crippen LogP contribution in [-0.4, -0.2) is 32.4 Å². The Bertz CT molecular complexity index is 1000. The van der Waals surface area contributed by atoms with Crippen molar-refractivity contribution in [3.05, 3.63) is 41.1 Å². The molecule has 12 heteroatoms. The molecule has 2 heterocycles. The molecule has 0 aliphatic rings. The van der Waals surface area contributed by atoms with Crippen molar-refractivity contribution in [1.29, 1.82) is 0 Å². The predicted molar refractivity (Wildman–Crippen MR) is 84.6 cm³/mol. The molecule has 0 radical (unpaired) electrons. The third kappa shape index (κ3) is 3.59. The molecule has 0 amide bonds. The summed E-state index contributed by atoms with van der Waals surface area (Å²) in [5, 5.41) is 8.56. The van der Waals surface area contributed by atoms with Gasteiger partial charge in [-0.3, -0.25) is 0 Å². The molecular weight excluding hydrogens is 400 g/mol. The van der Waals surface area contributed by atoms with E-state index in [0.29, 0.717) is 12.1 Å². The van der Waals surface area contributed by atoms with E-state index < -0.39 is 51.6 Å². The van der Waals surface area contributed by atoms with Crippen LogP contribution in [0.15, 0.2) is 18.5 Å². The van der Waals surface area contributed by atoms with Crippen molar-refractivity contribution in [2.75, 3.05) is 5.32 Å². The van der Waals surface area contributed by atoms with E-state index in [0.717, 1.165) is 13.3 Å². The van der Waals surface area contributed by atoms with E-state index in [1.807, 2.05) is 0 Å². The van der Waals surface area contributed by atoms with Crippen LogP contribution in [0.2, 0.25) is 5.15 Å². The van der Waals surface area contributed by atoms with Crippen LogP contribution >= 0.6 is 11.6 Å². The summed E-state index contributed by atoms with van der Waals surface area (Å²) < 4.78 is 80.8. The normalized spacial score (nSPS) is 13.0. The highest BCUT2D eigenvalue weighted by Gasteiger charge is 2.37. The predicted octanol–water partition coefficient (Wildman–Crippen LogP) is 4.52. The fourth-order valence-corrected chi connectivity index (χ4v) is 2.61. The first-order valence-corrected chi connectivity index (χ1v) is 7.62. The van der Waals surface area contributed by atoms with Crippen LogP contribution < -0.4 is 5.32 Å². The molecule has 142 valence electrons. The number of pyridine rings is 1. The Hall–Kier alpha value is -2.69. The summed E-state index contributed by atoms with van der Waals surface area (Å²) in [5.74, 6) is -3.96. The highest BCUT2D eigenvalue weighted by atomic mass is 35.5. The third-order valence-electron chi connectivity index (χ3n) is 3.61. The van der Waals surface area contributed by atoms with Gasteiger partial charge in [0.25, 0.3) is 0 Å². The molecule has 0 aliphatic carbocycles. The number of fused-ring (bicyclic) bond motifs is 1. The monoisotopic (exact) mass is 407 g/mol. The minimum atomic E-state index is -4.69. The number of aromatic nitrogens is 4. The van der Waals surface area contributed by atoms with Gasteiger partial charge in [-0.2, -0.15) is 13.2 Å². The summed E-state index contributed by atoms with van der Waals surface area (Å²) in [6, 6.07) is -1.40. The van der Waals surface area contributed by atoms with Crippen LogP contribution in [-0.2, 0) is 0 Å². The first-order valence-electron chi connectivity index (χ1n) is 7.24. The molecule has 1 atom stereocenters. The summed E-state index contributed by atoms with van der Waals surface area (Å²) in [4.78, 5) is 7.54. The zero-order valence-corrected chi connectivity index (χ0v) is 14.0. The molecule has 5 nitrogen and oxygen atoms in total. The summed E-state index contributed by atoms with van der Waals surface area (Å²) in [6.45, 7) is 0.788. The van der Waals surface area contributed by atoms with Gasteiger partial charge in [-0.1, -0.05) is 11.6 Å². The number of nitrogens with zero attached hydrogens (tertiary/aromatic N) is 4. The zero-order valence-electron chi connectivity index (χ0n) is 13.2. The largest absolute Gasteiger partial charge is 0.408 e. The Morgan fingerprint density at radius 2 is 1.70 bits per heavy atom. The first-order chi connectivity index (χ1) is 12.6. The maximum atomic E-state index is 14.3. The number of alkyl halides is 3. The second-order valence-electron chi connectivity index (χ2n) is 5.44. The second-order valence-corrected chi connectivity index (χ2v) is 5.79. The maximum Gasteiger partial charge on any atom is 0.408 e. The Balaban J connectivity index is 2.36. The second kappa shape index (κ2) is 6.80. The quantitative estimate of drug-likeness (QED) is 0.511. The minimum absolute atomic E-state index is 0.244. The summed E-state index contributed by atoms with van der Waals surface area (Å²) in [6.07, 6.45) is -3.78. The molecule has 27 heavy (non-hydrogen) atoms. The van der Waals surface area contributed by atoms with Crippen molar-refractivity contribution in [2.45, 2.75) is 19.1 Å². The van der Waals surface area contributed by atoms with Crippen LogP contribution in [0, 0.1) is 17.5 Å². The topological polar surface area (TPSA) is 63.6 Å². The summed E-state index contributed by atoms with van der Waals surface area (Å²) >= 11 is 5.97. The van der Waals surface area contributed by atoms with Crippen LogP contribution in [0.1, 0.15) is 6.92 Å². The molecule has 0 saturated carbocycles. The van der Waals surface area contributed by atoms with Gasteiger partial charge < -0.3 is 5.32 Å². The Morgan fingerprint density at radius 3 is 2.30 bits per heavy atom. The van der Waals surface area contributed by atoms with Crippen molar-refractivity contribution in [3.63, 3.8) is 0 Å². The lowest BCUT2D eigenvalue weighted by Crippen LogP contribution is -2.33. The highest BCUT2D eigenvalue weighted by Crippen LogP contribution is 2.41. The van der Waals surface area contributed by atoms with Gasteiger partial charge in [0.2, 0.25) is 5.65 Å². The fourth-order valence-electron chi connectivity index (χ4n) is 2.34. The smallest absolute Gasteiger partial charge is 0.372 e. The van der Waals surface area contributed by atoms with E-state index in [2.05, 4.69) is 25.5 Å². The SMILES string of the molecule is C[C@H](Nc1c(-c2c(F)cc(F)cc2F)c(Cl)nc2nncnc12)C(F)(F)F. The van der Waals surface area contributed by atoms with Crippen molar-refractivity contribution in [3.8, 4) is 11.1 Å². The Labute approximate surface area is 152 Å². The van der Waals surface area contributed by atoms with Gasteiger partial charge in [-0.25, -0.2) is 23.1 Å². The van der Waals surface area contributed by atoms with Gasteiger partial charge in [0, 0.05) is 12.1 Å². The fraction of sp³-hybridized carbons (Fsp3) is 0.200. The average Bonchev–Trinajstić information content (AvgIpc) is 2.55. The molecule has 1 N–H and O–H groups in total. The van der Waals surface area contributed by atoms with E-state index in [1.165, 1.54) is 0 Å². The van der Waals surface area contributed by atoms with Gasteiger partial charge in [0.05, 0.1) is 16.8 Å². The van der Waals surface area contributed by atoms with Gasteiger partial charge in [0.15, 0.2) is 0 Å². The van der Waals surface area contributed by atoms with E-state index >= 15 is 0 Å². The Morgan fingerprint density at radius 1 is 1.07 bits per heavy atom. The summed E-state index contributed by atoms with van der Waals surface area (Å²) in [7, 11) is 0. The van der Waals surface area contributed by atoms with Crippen LogP contribution in [0.5, 0.6) is 0 Å². The molecule has 0 unspecified atom stereocenters. The van der Waals surface area contributed by atoms with Crippen LogP contribution in [0.4, 0.5) is 32.0 Å². The first kappa shape index (κ1) is 19.1. The Kier molecular flexibility index (Phi) is 4.81. The van der Waals surface area contributed by atoms with Crippen LogP contribution in [0.3, 0.4) is 0 Å². The lowest BCUT2D eigenvalue weighted by Gasteiger charge is -2.22. The molecule has 0 fully saturated rings. The zero-order chi connectivity index (χ0) is 19.9. The number of benzene rings is 1. The molecule has 1 aromatic carbocycles. The van der Waals surface area contributed by atoms with E-state index in [4.69, 9.17) is 11.6 Å². The van der Waals surface area contributed by atoms with Gasteiger partial charge in [-0.15, -0.1) is 10.2 Å². The lowest BCUT2D eigenvalue weighted by atomic mass is 10.0. The van der Waals surface area contributed by atoms with Crippen molar-refractivity contribution < 1.29 is 26.3 Å². The molecule has 3 aromatic rings. The van der Waals surface area contributed by atoms with Crippen molar-refractivity contribution in [1.82, 2.24) is 20.2 Å². The number of hydrogen-bond acceptors (Lipinski definition) is 5. The molecule has 3 rings (SSSR count). The van der Waals surface area contributed by atoms with Gasteiger partial charge in [0.1, 0.15) is 40.5 Å². The molecule has 0 saturated heterocycles. The van der Waals surface area contributed by atoms with Crippen molar-refractivity contribution in [2.24, 2.45) is 0 Å². The lowest BCUT2D eigenvalue weighted by molar-refractivity contribution is -0.138. The number of rotatable bonds is 3. The standard InChI is InChI=1S/C15H8ClF6N5/c1-5(15(20,21)22)25-11-10(9-7(18)2-6(17)3-8(9)19)13(16)26-14-12(11)23-4-24-27-14/h2-5H,1H3,(H,25,26,27)/t5-/m0/s1. The molecule has 0 spiro atoms. The number of hydrogen-bond donors (Lipinski definition) is 1. The molecule has 2 aromatic heterocycles. The summed E-state index contributed by atoms with van der Waals surface area (Å²) in [5.41, 5.74) is -2.36. The number of nitrogens with one attached hydrogen (secondary N) is 1. The van der Waals surface area contributed by atoms with E-state index in [1.54, 1.807) is 0 Å². The molecule has 0 aliphatic heterocycles. The number of anilines is 1.